The Labute approximate surface area is 138 Å². The summed E-state index contributed by atoms with van der Waals surface area (Å²) >= 11 is 0. The fourth-order valence-corrected chi connectivity index (χ4v) is 1.35. The van der Waals surface area contributed by atoms with E-state index in [0.717, 1.165) is 0 Å². The molecule has 10 heteroatoms. The summed E-state index contributed by atoms with van der Waals surface area (Å²) in [6.07, 6.45) is -2.18. The van der Waals surface area contributed by atoms with Gasteiger partial charge in [0.25, 0.3) is 0 Å². The van der Waals surface area contributed by atoms with E-state index in [2.05, 4.69) is 4.79 Å². The first kappa shape index (κ1) is 21.3. The van der Waals surface area contributed by atoms with Gasteiger partial charge in [0, 0.05) is 13.3 Å². The molecule has 0 aliphatic carbocycles. The molecule has 0 unspecified atom stereocenters. The van der Waals surface area contributed by atoms with Gasteiger partial charge in [-0.15, -0.1) is 0 Å². The van der Waals surface area contributed by atoms with Crippen molar-refractivity contribution >= 4 is 30.0 Å². The van der Waals surface area contributed by atoms with Crippen LogP contribution in [0.1, 0.15) is 40.5 Å². The standard InChI is InChI=1S/C14H21N3O7/c1-8(23-12(21)14(2,3)4)24-13(22)17-10(11(19)20)6-5-9(18)7-16-15/h7-8,10H,5-6H2,1-4H3,(H,17,22)(H,19,20)/t8-,10-/m0/s1. The maximum atomic E-state index is 11.6. The number of alkyl carbamates (subject to hydrolysis) is 1. The van der Waals surface area contributed by atoms with Crippen LogP contribution in [0.2, 0.25) is 0 Å². The van der Waals surface area contributed by atoms with Gasteiger partial charge >= 0.3 is 24.2 Å². The summed E-state index contributed by atoms with van der Waals surface area (Å²) in [6.45, 7) is 6.17. The van der Waals surface area contributed by atoms with Gasteiger partial charge in [0.15, 0.2) is 0 Å². The maximum Gasteiger partial charge on any atom is 0.410 e. The molecular weight excluding hydrogens is 322 g/mol. The minimum atomic E-state index is -1.39. The summed E-state index contributed by atoms with van der Waals surface area (Å²) in [5, 5.41) is 11.0. The van der Waals surface area contributed by atoms with Gasteiger partial charge in [0.05, 0.1) is 5.41 Å². The molecule has 0 aliphatic rings. The van der Waals surface area contributed by atoms with Crippen LogP contribution in [0.5, 0.6) is 0 Å². The molecule has 134 valence electrons. The van der Waals surface area contributed by atoms with E-state index in [0.29, 0.717) is 6.21 Å². The molecule has 0 radical (unpaired) electrons. The highest BCUT2D eigenvalue weighted by Crippen LogP contribution is 2.16. The van der Waals surface area contributed by atoms with Gasteiger partial charge in [-0.3, -0.25) is 9.59 Å². The van der Waals surface area contributed by atoms with Crippen LogP contribution in [0, 0.1) is 5.41 Å². The number of carbonyl (C=O) groups is 4. The Morgan fingerprint density at radius 2 is 1.83 bits per heavy atom. The Morgan fingerprint density at radius 3 is 2.29 bits per heavy atom. The second-order valence-corrected chi connectivity index (χ2v) is 5.91. The summed E-state index contributed by atoms with van der Waals surface area (Å²) in [6, 6.07) is -1.39. The third-order valence-electron chi connectivity index (χ3n) is 2.63. The fourth-order valence-electron chi connectivity index (χ4n) is 1.35. The first-order chi connectivity index (χ1) is 11.0. The molecule has 0 fully saturated rings. The lowest BCUT2D eigenvalue weighted by Gasteiger charge is -2.21. The van der Waals surface area contributed by atoms with Gasteiger partial charge in [-0.25, -0.2) is 9.59 Å². The van der Waals surface area contributed by atoms with Gasteiger partial charge in [-0.1, -0.05) is 0 Å². The molecular formula is C14H21N3O7. The van der Waals surface area contributed by atoms with Crippen LogP contribution >= 0.6 is 0 Å². The minimum Gasteiger partial charge on any atom is -0.480 e. The molecule has 0 saturated heterocycles. The number of esters is 1. The van der Waals surface area contributed by atoms with Crippen molar-refractivity contribution in [2.24, 2.45) is 5.41 Å². The highest BCUT2D eigenvalue weighted by Gasteiger charge is 2.27. The summed E-state index contributed by atoms with van der Waals surface area (Å²) < 4.78 is 9.63. The molecule has 0 bridgehead atoms. The number of nitrogens with zero attached hydrogens (tertiary/aromatic N) is 2. The molecule has 2 N–H and O–H groups in total. The zero-order chi connectivity index (χ0) is 18.9. The third-order valence-corrected chi connectivity index (χ3v) is 2.63. The Hall–Kier alpha value is -2.74. The van der Waals surface area contributed by atoms with Crippen LogP contribution in [-0.4, -0.2) is 52.3 Å². The number of hydrogen-bond donors (Lipinski definition) is 2. The molecule has 0 aromatic heterocycles. The second kappa shape index (κ2) is 9.41. The molecule has 10 nitrogen and oxygen atoms in total. The summed E-state index contributed by atoms with van der Waals surface area (Å²) in [4.78, 5) is 48.0. The summed E-state index contributed by atoms with van der Waals surface area (Å²) in [7, 11) is 0. The van der Waals surface area contributed by atoms with Crippen molar-refractivity contribution in [1.29, 1.82) is 0 Å². The van der Waals surface area contributed by atoms with Crippen molar-refractivity contribution in [3.05, 3.63) is 5.53 Å². The molecule has 0 aliphatic heterocycles. The van der Waals surface area contributed by atoms with E-state index in [-0.39, 0.29) is 12.8 Å². The summed E-state index contributed by atoms with van der Waals surface area (Å²) in [5.41, 5.74) is 7.40. The number of ether oxygens (including phenoxy) is 2. The third kappa shape index (κ3) is 8.64. The number of ketones is 1. The molecule has 0 spiro atoms. The van der Waals surface area contributed by atoms with E-state index in [1.54, 1.807) is 20.8 Å². The van der Waals surface area contributed by atoms with E-state index < -0.39 is 41.6 Å². The number of carboxylic acids is 1. The maximum absolute atomic E-state index is 11.6. The van der Waals surface area contributed by atoms with Gasteiger partial charge in [0.1, 0.15) is 6.04 Å². The SMILES string of the molecule is C[C@H](OC(=O)N[C@@H](CCC(=O)C=[N+]=[N-])C(=O)O)OC(=O)C(C)(C)C. The Morgan fingerprint density at radius 1 is 1.25 bits per heavy atom. The van der Waals surface area contributed by atoms with Gasteiger partial charge in [-0.05, 0) is 27.2 Å². The number of Topliss-reactive ketones (excluding diaryl/α,β-unsaturated/α-hetero) is 1. The fraction of sp³-hybridized carbons (Fsp3) is 0.643. The normalized spacial score (nSPS) is 13.0. The number of carbonyl (C=O) groups excluding carboxylic acids is 3. The number of carboxylic acid groups (broad SMARTS) is 1. The molecule has 2 atom stereocenters. The van der Waals surface area contributed by atoms with Crippen LogP contribution in [0.3, 0.4) is 0 Å². The van der Waals surface area contributed by atoms with E-state index in [4.69, 9.17) is 20.1 Å². The molecule has 0 heterocycles. The highest BCUT2D eigenvalue weighted by molar-refractivity contribution is 6.25. The molecule has 24 heavy (non-hydrogen) atoms. The Kier molecular flexibility index (Phi) is 8.34. The average Bonchev–Trinajstić information content (AvgIpc) is 2.41. The van der Waals surface area contributed by atoms with Crippen molar-refractivity contribution in [3.63, 3.8) is 0 Å². The monoisotopic (exact) mass is 343 g/mol. The first-order valence-corrected chi connectivity index (χ1v) is 7.08. The largest absolute Gasteiger partial charge is 0.480 e. The first-order valence-electron chi connectivity index (χ1n) is 7.08. The Balaban J connectivity index is 4.52. The Bertz CT molecular complexity index is 547. The molecule has 0 aromatic rings. The molecule has 0 saturated carbocycles. The number of rotatable bonds is 8. The van der Waals surface area contributed by atoms with Crippen molar-refractivity contribution in [2.75, 3.05) is 0 Å². The van der Waals surface area contributed by atoms with Crippen LogP contribution < -0.4 is 5.32 Å². The lowest BCUT2D eigenvalue weighted by Crippen LogP contribution is -2.43. The number of nitrogens with one attached hydrogen (secondary N) is 1. The predicted octanol–water partition coefficient (Wildman–Crippen LogP) is 0.751. The van der Waals surface area contributed by atoms with Crippen LogP contribution in [0.4, 0.5) is 4.79 Å². The number of hydrogen-bond acceptors (Lipinski definition) is 6. The van der Waals surface area contributed by atoms with Crippen molar-refractivity contribution in [1.82, 2.24) is 5.32 Å². The summed E-state index contributed by atoms with van der Waals surface area (Å²) in [5.74, 6) is -2.57. The molecule has 1 amide bonds. The smallest absolute Gasteiger partial charge is 0.410 e. The van der Waals surface area contributed by atoms with Crippen molar-refractivity contribution in [3.8, 4) is 0 Å². The van der Waals surface area contributed by atoms with E-state index in [1.807, 2.05) is 5.32 Å². The van der Waals surface area contributed by atoms with E-state index in [9.17, 15) is 19.2 Å². The highest BCUT2D eigenvalue weighted by atomic mass is 16.7. The van der Waals surface area contributed by atoms with Crippen molar-refractivity contribution < 1.29 is 38.5 Å². The van der Waals surface area contributed by atoms with Gasteiger partial charge in [0.2, 0.25) is 12.1 Å². The molecule has 0 aromatic carbocycles. The van der Waals surface area contributed by atoms with E-state index in [1.165, 1.54) is 6.92 Å². The number of amides is 1. The second-order valence-electron chi connectivity index (χ2n) is 5.91. The predicted molar refractivity (Wildman–Crippen MR) is 80.0 cm³/mol. The van der Waals surface area contributed by atoms with Gasteiger partial charge < -0.3 is 25.4 Å². The van der Waals surface area contributed by atoms with E-state index >= 15 is 0 Å². The minimum absolute atomic E-state index is 0.231. The van der Waals surface area contributed by atoms with Crippen LogP contribution in [0.25, 0.3) is 5.53 Å². The van der Waals surface area contributed by atoms with Crippen molar-refractivity contribution in [2.45, 2.75) is 52.9 Å². The quantitative estimate of drug-likeness (QED) is 0.216. The average molecular weight is 343 g/mol. The van der Waals surface area contributed by atoms with Crippen LogP contribution in [-0.2, 0) is 23.9 Å². The lowest BCUT2D eigenvalue weighted by atomic mass is 9.97. The van der Waals surface area contributed by atoms with Crippen LogP contribution in [0.15, 0.2) is 0 Å². The zero-order valence-corrected chi connectivity index (χ0v) is 13.9. The lowest BCUT2D eigenvalue weighted by molar-refractivity contribution is -0.174. The van der Waals surface area contributed by atoms with Gasteiger partial charge in [-0.2, -0.15) is 4.79 Å². The number of aliphatic carboxylic acids is 1. The molecule has 0 rings (SSSR count). The topological polar surface area (TPSA) is 155 Å². The zero-order valence-electron chi connectivity index (χ0n) is 13.9.